The summed E-state index contributed by atoms with van der Waals surface area (Å²) in [6.07, 6.45) is 4.08. The van der Waals surface area contributed by atoms with Crippen LogP contribution in [0.5, 0.6) is 0 Å². The number of benzene rings is 1. The van der Waals surface area contributed by atoms with E-state index in [1.54, 1.807) is 7.11 Å². The van der Waals surface area contributed by atoms with E-state index in [1.165, 1.54) is 11.1 Å². The van der Waals surface area contributed by atoms with E-state index >= 15 is 0 Å². The average molecular weight is 303 g/mol. The molecule has 0 unspecified atom stereocenters. The highest BCUT2D eigenvalue weighted by atomic mass is 16.5. The molecule has 0 aliphatic carbocycles. The number of nitrogens with one attached hydrogen (secondary N) is 1. The van der Waals surface area contributed by atoms with Gasteiger partial charge in [-0.25, -0.2) is 4.99 Å². The molecular weight excluding hydrogens is 274 g/mol. The predicted molar refractivity (Wildman–Crippen MR) is 94.0 cm³/mol. The van der Waals surface area contributed by atoms with Crippen LogP contribution in [0.4, 0.5) is 0 Å². The fourth-order valence-electron chi connectivity index (χ4n) is 2.12. The van der Waals surface area contributed by atoms with Crippen LogP contribution in [-0.2, 0) is 17.9 Å². The Labute approximate surface area is 134 Å². The Balaban J connectivity index is 2.61. The highest BCUT2D eigenvalue weighted by molar-refractivity contribution is 5.79. The summed E-state index contributed by atoms with van der Waals surface area (Å²) in [6, 6.07) is 8.41. The normalized spacial score (nSPS) is 11.3. The summed E-state index contributed by atoms with van der Waals surface area (Å²) < 4.78 is 5.12. The lowest BCUT2D eigenvalue weighted by Gasteiger charge is -2.21. The van der Waals surface area contributed by atoms with E-state index in [0.717, 1.165) is 31.9 Å². The third-order valence-electron chi connectivity index (χ3n) is 3.34. The lowest BCUT2D eigenvalue weighted by molar-refractivity contribution is 0.185. The van der Waals surface area contributed by atoms with Gasteiger partial charge in [0.2, 0.25) is 0 Å². The van der Waals surface area contributed by atoms with Crippen molar-refractivity contribution >= 4 is 5.96 Å². The van der Waals surface area contributed by atoms with E-state index in [0.29, 0.717) is 13.2 Å². The molecule has 4 nitrogen and oxygen atoms in total. The summed E-state index contributed by atoms with van der Waals surface area (Å²) in [5.74, 6) is 0.951. The van der Waals surface area contributed by atoms with Crippen molar-refractivity contribution in [2.24, 2.45) is 4.99 Å². The Morgan fingerprint density at radius 1 is 1.32 bits per heavy atom. The van der Waals surface area contributed by atoms with Gasteiger partial charge in [0, 0.05) is 27.2 Å². The van der Waals surface area contributed by atoms with Crippen molar-refractivity contribution in [3.8, 4) is 0 Å². The number of hydrogen-bond donors (Lipinski definition) is 1. The second kappa shape index (κ2) is 10.9. The molecule has 0 saturated carbocycles. The first-order valence-corrected chi connectivity index (χ1v) is 7.88. The molecular formula is C18H29N3O. The number of rotatable bonds is 9. The van der Waals surface area contributed by atoms with Crippen molar-refractivity contribution in [3.63, 3.8) is 0 Å². The van der Waals surface area contributed by atoms with Gasteiger partial charge < -0.3 is 15.0 Å². The molecule has 0 aliphatic heterocycles. The summed E-state index contributed by atoms with van der Waals surface area (Å²) in [5.41, 5.74) is 2.39. The highest BCUT2D eigenvalue weighted by Crippen LogP contribution is 2.07. The predicted octanol–water partition coefficient (Wildman–Crippen LogP) is 3.20. The van der Waals surface area contributed by atoms with E-state index in [4.69, 9.17) is 9.73 Å². The van der Waals surface area contributed by atoms with Crippen LogP contribution in [0, 0.1) is 0 Å². The fourth-order valence-corrected chi connectivity index (χ4v) is 2.12. The average Bonchev–Trinajstić information content (AvgIpc) is 2.53. The SMILES string of the molecule is C=CCCCN(C)C(=NCc1ccc(COC)cc1)NCC. The minimum Gasteiger partial charge on any atom is -0.380 e. The zero-order chi connectivity index (χ0) is 16.2. The molecule has 4 heteroatoms. The lowest BCUT2D eigenvalue weighted by Crippen LogP contribution is -2.39. The number of ether oxygens (including phenoxy) is 1. The van der Waals surface area contributed by atoms with Crippen LogP contribution in [0.15, 0.2) is 41.9 Å². The molecule has 0 aliphatic rings. The van der Waals surface area contributed by atoms with Crippen molar-refractivity contribution in [3.05, 3.63) is 48.0 Å². The topological polar surface area (TPSA) is 36.9 Å². The standard InChI is InChI=1S/C18H29N3O/c1-5-7-8-13-21(3)18(19-6-2)20-14-16-9-11-17(12-10-16)15-22-4/h5,9-12H,1,6-8,13-15H2,2-4H3,(H,19,20). The van der Waals surface area contributed by atoms with Crippen LogP contribution < -0.4 is 5.32 Å². The second-order valence-electron chi connectivity index (χ2n) is 5.27. The van der Waals surface area contributed by atoms with Gasteiger partial charge in [-0.3, -0.25) is 0 Å². The van der Waals surface area contributed by atoms with Gasteiger partial charge in [-0.05, 0) is 30.9 Å². The molecule has 1 N–H and O–H groups in total. The highest BCUT2D eigenvalue weighted by Gasteiger charge is 2.04. The van der Waals surface area contributed by atoms with E-state index in [2.05, 4.69) is 55.0 Å². The minimum absolute atomic E-state index is 0.651. The smallest absolute Gasteiger partial charge is 0.193 e. The van der Waals surface area contributed by atoms with Crippen molar-refractivity contribution in [2.45, 2.75) is 32.9 Å². The first-order chi connectivity index (χ1) is 10.7. The van der Waals surface area contributed by atoms with Gasteiger partial charge in [-0.15, -0.1) is 6.58 Å². The number of methoxy groups -OCH3 is 1. The molecule has 122 valence electrons. The number of nitrogens with zero attached hydrogens (tertiary/aromatic N) is 2. The Morgan fingerprint density at radius 2 is 2.00 bits per heavy atom. The van der Waals surface area contributed by atoms with Gasteiger partial charge in [0.1, 0.15) is 0 Å². The molecule has 1 aromatic rings. The monoisotopic (exact) mass is 303 g/mol. The lowest BCUT2D eigenvalue weighted by atomic mass is 10.1. The largest absolute Gasteiger partial charge is 0.380 e. The fraction of sp³-hybridized carbons (Fsp3) is 0.500. The van der Waals surface area contributed by atoms with E-state index in [1.807, 2.05) is 6.08 Å². The first kappa shape index (κ1) is 18.2. The van der Waals surface area contributed by atoms with Crippen molar-refractivity contribution < 1.29 is 4.74 Å². The van der Waals surface area contributed by atoms with Gasteiger partial charge in [0.05, 0.1) is 13.2 Å². The van der Waals surface area contributed by atoms with Crippen molar-refractivity contribution in [1.29, 1.82) is 0 Å². The Morgan fingerprint density at radius 3 is 2.59 bits per heavy atom. The number of unbranched alkanes of at least 4 members (excludes halogenated alkanes) is 1. The van der Waals surface area contributed by atoms with Crippen LogP contribution in [0.25, 0.3) is 0 Å². The Hall–Kier alpha value is -1.81. The van der Waals surface area contributed by atoms with Gasteiger partial charge in [0.15, 0.2) is 5.96 Å². The summed E-state index contributed by atoms with van der Waals surface area (Å²) in [4.78, 5) is 6.89. The molecule has 0 fully saturated rings. The zero-order valence-electron chi connectivity index (χ0n) is 14.1. The number of allylic oxidation sites excluding steroid dienone is 1. The number of hydrogen-bond acceptors (Lipinski definition) is 2. The van der Waals surface area contributed by atoms with Crippen LogP contribution in [0.1, 0.15) is 30.9 Å². The van der Waals surface area contributed by atoms with Gasteiger partial charge in [-0.1, -0.05) is 30.3 Å². The number of guanidine groups is 1. The summed E-state index contributed by atoms with van der Waals surface area (Å²) >= 11 is 0. The van der Waals surface area contributed by atoms with Crippen LogP contribution in [-0.4, -0.2) is 38.1 Å². The zero-order valence-corrected chi connectivity index (χ0v) is 14.1. The summed E-state index contributed by atoms with van der Waals surface area (Å²) in [6.45, 7) is 9.03. The summed E-state index contributed by atoms with van der Waals surface area (Å²) in [5, 5.41) is 3.34. The maximum absolute atomic E-state index is 5.12. The molecule has 0 radical (unpaired) electrons. The third-order valence-corrected chi connectivity index (χ3v) is 3.34. The molecule has 0 amide bonds. The molecule has 0 atom stereocenters. The number of aliphatic imine (C=N–C) groups is 1. The maximum Gasteiger partial charge on any atom is 0.193 e. The van der Waals surface area contributed by atoms with Gasteiger partial charge >= 0.3 is 0 Å². The van der Waals surface area contributed by atoms with E-state index < -0.39 is 0 Å². The molecule has 0 saturated heterocycles. The second-order valence-corrected chi connectivity index (χ2v) is 5.27. The Kier molecular flexibility index (Phi) is 9.00. The first-order valence-electron chi connectivity index (χ1n) is 7.88. The van der Waals surface area contributed by atoms with Gasteiger partial charge in [0.25, 0.3) is 0 Å². The van der Waals surface area contributed by atoms with Crippen molar-refractivity contribution in [2.75, 3.05) is 27.2 Å². The van der Waals surface area contributed by atoms with Crippen LogP contribution in [0.2, 0.25) is 0 Å². The minimum atomic E-state index is 0.651. The third kappa shape index (κ3) is 6.76. The van der Waals surface area contributed by atoms with E-state index in [-0.39, 0.29) is 0 Å². The van der Waals surface area contributed by atoms with Crippen LogP contribution in [0.3, 0.4) is 0 Å². The molecule has 0 heterocycles. The van der Waals surface area contributed by atoms with E-state index in [9.17, 15) is 0 Å². The summed E-state index contributed by atoms with van der Waals surface area (Å²) in [7, 11) is 3.79. The molecule has 0 spiro atoms. The van der Waals surface area contributed by atoms with Crippen LogP contribution >= 0.6 is 0 Å². The molecule has 1 rings (SSSR count). The quantitative estimate of drug-likeness (QED) is 0.329. The van der Waals surface area contributed by atoms with Crippen molar-refractivity contribution in [1.82, 2.24) is 10.2 Å². The van der Waals surface area contributed by atoms with Gasteiger partial charge in [-0.2, -0.15) is 0 Å². The molecule has 1 aromatic carbocycles. The molecule has 0 aromatic heterocycles. The maximum atomic E-state index is 5.12. The molecule has 0 bridgehead atoms. The molecule has 22 heavy (non-hydrogen) atoms. The Bertz CT molecular complexity index is 454.